The van der Waals surface area contributed by atoms with Gasteiger partial charge in [-0.05, 0) is 39.5 Å². The fourth-order valence-corrected chi connectivity index (χ4v) is 1.76. The molecular formula is C16H30. The maximum atomic E-state index is 2.32. The van der Waals surface area contributed by atoms with Gasteiger partial charge in [0.15, 0.2) is 0 Å². The van der Waals surface area contributed by atoms with Crippen molar-refractivity contribution in [1.82, 2.24) is 0 Å². The van der Waals surface area contributed by atoms with Crippen molar-refractivity contribution in [1.29, 1.82) is 0 Å². The summed E-state index contributed by atoms with van der Waals surface area (Å²) in [6, 6.07) is 0. The minimum Gasteiger partial charge on any atom is -0.0733 e. The lowest BCUT2D eigenvalue weighted by atomic mass is 10.1. The highest BCUT2D eigenvalue weighted by Crippen LogP contribution is 2.11. The SMILES string of the molecule is CCCCC/C(C)=C/C=C(\C)CCCCC. The van der Waals surface area contributed by atoms with Crippen LogP contribution in [0.4, 0.5) is 0 Å². The molecule has 0 radical (unpaired) electrons. The Kier molecular flexibility index (Phi) is 10.6. The summed E-state index contributed by atoms with van der Waals surface area (Å²) in [5.74, 6) is 0. The van der Waals surface area contributed by atoms with E-state index in [0.717, 1.165) is 0 Å². The summed E-state index contributed by atoms with van der Waals surface area (Å²) in [5, 5.41) is 0. The van der Waals surface area contributed by atoms with E-state index in [2.05, 4.69) is 39.8 Å². The Morgan fingerprint density at radius 1 is 0.688 bits per heavy atom. The fourth-order valence-electron chi connectivity index (χ4n) is 1.76. The number of rotatable bonds is 9. The van der Waals surface area contributed by atoms with Crippen molar-refractivity contribution in [2.45, 2.75) is 79.1 Å². The zero-order chi connectivity index (χ0) is 12.2. The van der Waals surface area contributed by atoms with Crippen LogP contribution < -0.4 is 0 Å². The molecule has 0 bridgehead atoms. The average Bonchev–Trinajstić information content (AvgIpc) is 2.27. The Morgan fingerprint density at radius 3 is 1.38 bits per heavy atom. The molecule has 94 valence electrons. The molecule has 0 aromatic carbocycles. The van der Waals surface area contributed by atoms with Gasteiger partial charge in [0.1, 0.15) is 0 Å². The van der Waals surface area contributed by atoms with Gasteiger partial charge in [0.05, 0.1) is 0 Å². The van der Waals surface area contributed by atoms with Crippen molar-refractivity contribution in [3.63, 3.8) is 0 Å². The topological polar surface area (TPSA) is 0 Å². The Balaban J connectivity index is 3.77. The molecule has 16 heavy (non-hydrogen) atoms. The van der Waals surface area contributed by atoms with Crippen LogP contribution in [-0.4, -0.2) is 0 Å². The summed E-state index contributed by atoms with van der Waals surface area (Å²) >= 11 is 0. The van der Waals surface area contributed by atoms with Crippen molar-refractivity contribution in [2.75, 3.05) is 0 Å². The molecule has 0 spiro atoms. The lowest BCUT2D eigenvalue weighted by Gasteiger charge is -2.01. The molecular weight excluding hydrogens is 192 g/mol. The normalized spacial score (nSPS) is 13.2. The molecule has 0 saturated carbocycles. The smallest absolute Gasteiger partial charge is 0.0320 e. The second-order valence-electron chi connectivity index (χ2n) is 4.94. The number of unbranched alkanes of at least 4 members (excludes halogenated alkanes) is 4. The predicted octanol–water partition coefficient (Wildman–Crippen LogP) is 6.04. The van der Waals surface area contributed by atoms with E-state index in [9.17, 15) is 0 Å². The van der Waals surface area contributed by atoms with Crippen molar-refractivity contribution in [3.8, 4) is 0 Å². The van der Waals surface area contributed by atoms with Crippen LogP contribution >= 0.6 is 0 Å². The Morgan fingerprint density at radius 2 is 1.06 bits per heavy atom. The van der Waals surface area contributed by atoms with Crippen molar-refractivity contribution in [3.05, 3.63) is 23.3 Å². The molecule has 0 aliphatic rings. The van der Waals surface area contributed by atoms with Gasteiger partial charge in [-0.2, -0.15) is 0 Å². The highest BCUT2D eigenvalue weighted by Gasteiger charge is 1.91. The van der Waals surface area contributed by atoms with E-state index in [0.29, 0.717) is 0 Å². The number of allylic oxidation sites excluding steroid dienone is 4. The van der Waals surface area contributed by atoms with Crippen LogP contribution in [-0.2, 0) is 0 Å². The first kappa shape index (κ1) is 15.5. The van der Waals surface area contributed by atoms with Gasteiger partial charge in [-0.25, -0.2) is 0 Å². The quantitative estimate of drug-likeness (QED) is 0.329. The third-order valence-corrected chi connectivity index (χ3v) is 3.00. The molecule has 0 unspecified atom stereocenters. The highest BCUT2D eigenvalue weighted by molar-refractivity contribution is 5.15. The summed E-state index contributed by atoms with van der Waals surface area (Å²) < 4.78 is 0. The van der Waals surface area contributed by atoms with Gasteiger partial charge >= 0.3 is 0 Å². The first-order valence-corrected chi connectivity index (χ1v) is 7.03. The van der Waals surface area contributed by atoms with E-state index in [1.807, 2.05) is 0 Å². The first-order valence-electron chi connectivity index (χ1n) is 7.03. The minimum absolute atomic E-state index is 1.27. The maximum Gasteiger partial charge on any atom is -0.0320 e. The molecule has 0 rings (SSSR count). The van der Waals surface area contributed by atoms with Crippen LogP contribution in [0, 0.1) is 0 Å². The molecule has 0 aliphatic heterocycles. The summed E-state index contributed by atoms with van der Waals surface area (Å²) in [6.07, 6.45) is 15.2. The summed E-state index contributed by atoms with van der Waals surface area (Å²) in [7, 11) is 0. The lowest BCUT2D eigenvalue weighted by Crippen LogP contribution is -1.80. The molecule has 0 aliphatic carbocycles. The van der Waals surface area contributed by atoms with Gasteiger partial charge in [0, 0.05) is 0 Å². The standard InChI is InChI=1S/C16H30/c1-5-7-9-11-15(3)13-14-16(4)12-10-8-6-2/h13-14H,5-12H2,1-4H3/b15-13+,16-14+. The fraction of sp³-hybridized carbons (Fsp3) is 0.750. The molecule has 0 atom stereocenters. The molecule has 0 fully saturated rings. The second-order valence-corrected chi connectivity index (χ2v) is 4.94. The molecule has 0 aromatic heterocycles. The summed E-state index contributed by atoms with van der Waals surface area (Å²) in [6.45, 7) is 9.03. The molecule has 0 nitrogen and oxygen atoms in total. The summed E-state index contributed by atoms with van der Waals surface area (Å²) in [4.78, 5) is 0. The molecule has 0 saturated heterocycles. The maximum absolute atomic E-state index is 2.32. The third-order valence-electron chi connectivity index (χ3n) is 3.00. The zero-order valence-corrected chi connectivity index (χ0v) is 11.8. The van der Waals surface area contributed by atoms with Gasteiger partial charge in [0.25, 0.3) is 0 Å². The first-order chi connectivity index (χ1) is 7.70. The van der Waals surface area contributed by atoms with E-state index >= 15 is 0 Å². The van der Waals surface area contributed by atoms with E-state index in [4.69, 9.17) is 0 Å². The van der Waals surface area contributed by atoms with Crippen LogP contribution in [0.2, 0.25) is 0 Å². The molecule has 0 N–H and O–H groups in total. The lowest BCUT2D eigenvalue weighted by molar-refractivity contribution is 0.710. The van der Waals surface area contributed by atoms with Crippen molar-refractivity contribution in [2.24, 2.45) is 0 Å². The molecule has 0 amide bonds. The van der Waals surface area contributed by atoms with E-state index in [1.54, 1.807) is 0 Å². The van der Waals surface area contributed by atoms with Gasteiger partial charge in [0.2, 0.25) is 0 Å². The average molecular weight is 222 g/mol. The second kappa shape index (κ2) is 11.0. The van der Waals surface area contributed by atoms with Gasteiger partial charge in [-0.3, -0.25) is 0 Å². The molecule has 0 aromatic rings. The highest BCUT2D eigenvalue weighted by atomic mass is 14.0. The van der Waals surface area contributed by atoms with Gasteiger partial charge < -0.3 is 0 Å². The van der Waals surface area contributed by atoms with Gasteiger partial charge in [-0.1, -0.05) is 62.8 Å². The van der Waals surface area contributed by atoms with Gasteiger partial charge in [-0.15, -0.1) is 0 Å². The predicted molar refractivity (Wildman–Crippen MR) is 75.8 cm³/mol. The number of hydrogen-bond donors (Lipinski definition) is 0. The summed E-state index contributed by atoms with van der Waals surface area (Å²) in [5.41, 5.74) is 3.06. The van der Waals surface area contributed by atoms with Crippen molar-refractivity contribution < 1.29 is 0 Å². The zero-order valence-electron chi connectivity index (χ0n) is 11.8. The Hall–Kier alpha value is -0.520. The van der Waals surface area contributed by atoms with Crippen LogP contribution in [0.5, 0.6) is 0 Å². The Bertz CT molecular complexity index is 184. The van der Waals surface area contributed by atoms with Crippen molar-refractivity contribution >= 4 is 0 Å². The number of hydrogen-bond acceptors (Lipinski definition) is 0. The minimum atomic E-state index is 1.27. The monoisotopic (exact) mass is 222 g/mol. The van der Waals surface area contributed by atoms with Crippen LogP contribution in [0.1, 0.15) is 79.1 Å². The molecule has 0 heteroatoms. The third kappa shape index (κ3) is 10.0. The van der Waals surface area contributed by atoms with E-state index < -0.39 is 0 Å². The Labute approximate surface area is 103 Å². The van der Waals surface area contributed by atoms with E-state index in [1.165, 1.54) is 62.5 Å². The van der Waals surface area contributed by atoms with Crippen LogP contribution in [0.3, 0.4) is 0 Å². The van der Waals surface area contributed by atoms with Crippen LogP contribution in [0.25, 0.3) is 0 Å². The molecule has 0 heterocycles. The largest absolute Gasteiger partial charge is 0.0733 e. The van der Waals surface area contributed by atoms with Crippen LogP contribution in [0.15, 0.2) is 23.3 Å². The van der Waals surface area contributed by atoms with E-state index in [-0.39, 0.29) is 0 Å².